The third-order valence-electron chi connectivity index (χ3n) is 4.78. The number of alkyl halides is 3. The van der Waals surface area contributed by atoms with Gasteiger partial charge in [0.05, 0.1) is 18.0 Å². The van der Waals surface area contributed by atoms with Crippen molar-refractivity contribution in [3.8, 4) is 28.6 Å². The summed E-state index contributed by atoms with van der Waals surface area (Å²) in [6, 6.07) is 9.54. The minimum Gasteiger partial charge on any atom is -0.490 e. The van der Waals surface area contributed by atoms with Gasteiger partial charge in [-0.25, -0.2) is 4.98 Å². The van der Waals surface area contributed by atoms with Gasteiger partial charge in [0.2, 0.25) is 5.82 Å². The number of ether oxygens (including phenoxy) is 1. The fourth-order valence-electron chi connectivity index (χ4n) is 3.36. The van der Waals surface area contributed by atoms with E-state index in [2.05, 4.69) is 15.1 Å². The van der Waals surface area contributed by atoms with E-state index in [4.69, 9.17) is 9.26 Å². The number of rotatable bonds is 6. The molecule has 0 aliphatic heterocycles. The maximum Gasteiger partial charge on any atom is 0.419 e. The fourth-order valence-corrected chi connectivity index (χ4v) is 3.36. The number of imidazole rings is 1. The lowest BCUT2D eigenvalue weighted by Gasteiger charge is -2.16. The van der Waals surface area contributed by atoms with Crippen LogP contribution in [-0.4, -0.2) is 25.8 Å². The minimum absolute atomic E-state index is 0.00323. The van der Waals surface area contributed by atoms with E-state index in [0.717, 1.165) is 22.8 Å². The zero-order valence-corrected chi connectivity index (χ0v) is 17.7. The largest absolute Gasteiger partial charge is 0.490 e. The molecule has 6 nitrogen and oxygen atoms in total. The van der Waals surface area contributed by atoms with Gasteiger partial charge in [0.1, 0.15) is 5.75 Å². The zero-order valence-electron chi connectivity index (χ0n) is 17.7. The fraction of sp³-hybridized carbons (Fsp3) is 0.261. The molecule has 0 radical (unpaired) electrons. The number of hydrogen-bond acceptors (Lipinski definition) is 5. The molecule has 0 spiro atoms. The number of aromatic nitrogens is 4. The van der Waals surface area contributed by atoms with Crippen molar-refractivity contribution in [1.29, 1.82) is 0 Å². The Morgan fingerprint density at radius 1 is 1.12 bits per heavy atom. The van der Waals surface area contributed by atoms with Gasteiger partial charge in [0.15, 0.2) is 0 Å². The highest BCUT2D eigenvalue weighted by Crippen LogP contribution is 2.39. The summed E-state index contributed by atoms with van der Waals surface area (Å²) in [5, 5.41) is 3.98. The Labute approximate surface area is 182 Å². The van der Waals surface area contributed by atoms with Crippen LogP contribution in [-0.2, 0) is 12.7 Å². The molecule has 0 bridgehead atoms. The monoisotopic (exact) mass is 442 g/mol. The second-order valence-corrected chi connectivity index (χ2v) is 7.68. The average molecular weight is 442 g/mol. The summed E-state index contributed by atoms with van der Waals surface area (Å²) in [5.74, 6) is 0.0755. The summed E-state index contributed by atoms with van der Waals surface area (Å²) in [6.45, 7) is 5.93. The van der Waals surface area contributed by atoms with Crippen molar-refractivity contribution < 1.29 is 22.4 Å². The second kappa shape index (κ2) is 8.49. The van der Waals surface area contributed by atoms with Crippen molar-refractivity contribution in [3.63, 3.8) is 0 Å². The van der Waals surface area contributed by atoms with Crippen molar-refractivity contribution >= 4 is 0 Å². The van der Waals surface area contributed by atoms with Gasteiger partial charge in [-0.2, -0.15) is 18.2 Å². The van der Waals surface area contributed by atoms with Crippen LogP contribution < -0.4 is 4.74 Å². The summed E-state index contributed by atoms with van der Waals surface area (Å²) >= 11 is 0. The molecule has 0 saturated carbocycles. The first-order valence-corrected chi connectivity index (χ1v) is 9.98. The quantitative estimate of drug-likeness (QED) is 0.380. The predicted octanol–water partition coefficient (Wildman–Crippen LogP) is 5.76. The molecule has 2 aromatic carbocycles. The summed E-state index contributed by atoms with van der Waals surface area (Å²) in [5.41, 5.74) is 2.02. The van der Waals surface area contributed by atoms with Crippen LogP contribution in [0.2, 0.25) is 0 Å². The Bertz CT molecular complexity index is 1210. The highest BCUT2D eigenvalue weighted by Gasteiger charge is 2.35. The second-order valence-electron chi connectivity index (χ2n) is 7.68. The Balaban J connectivity index is 1.62. The Hall–Kier alpha value is -3.62. The first-order chi connectivity index (χ1) is 15.2. The lowest BCUT2D eigenvalue weighted by molar-refractivity contribution is -0.139. The molecule has 2 heterocycles. The van der Waals surface area contributed by atoms with E-state index in [1.54, 1.807) is 26.4 Å². The molecule has 0 aliphatic rings. The lowest BCUT2D eigenvalue weighted by atomic mass is 10.0. The molecule has 0 amide bonds. The molecule has 0 N–H and O–H groups in total. The van der Waals surface area contributed by atoms with E-state index >= 15 is 0 Å². The summed E-state index contributed by atoms with van der Waals surface area (Å²) in [7, 11) is 0. The Kier molecular flexibility index (Phi) is 5.73. The van der Waals surface area contributed by atoms with Crippen LogP contribution in [0.4, 0.5) is 13.2 Å². The predicted molar refractivity (Wildman–Crippen MR) is 112 cm³/mol. The van der Waals surface area contributed by atoms with Gasteiger partial charge >= 0.3 is 6.18 Å². The molecule has 2 aromatic heterocycles. The van der Waals surface area contributed by atoms with Gasteiger partial charge in [-0.1, -0.05) is 23.4 Å². The third-order valence-corrected chi connectivity index (χ3v) is 4.78. The smallest absolute Gasteiger partial charge is 0.419 e. The first kappa shape index (κ1) is 21.6. The van der Waals surface area contributed by atoms with Gasteiger partial charge in [-0.15, -0.1) is 0 Å². The first-order valence-electron chi connectivity index (χ1n) is 9.98. The van der Waals surface area contributed by atoms with Gasteiger partial charge in [0, 0.05) is 30.1 Å². The standard InChI is InChI=1S/C23H21F3N4O2/c1-14(2)31-20-7-5-17(11-19(20)23(24,25)26)22-28-21(29-32-22)18-6-4-16(10-15(18)3)12-30-9-8-27-13-30/h4-11,13-14H,12H2,1-3H3. The number of aryl methyl sites for hydroxylation is 1. The molecule has 32 heavy (non-hydrogen) atoms. The highest BCUT2D eigenvalue weighted by molar-refractivity contribution is 5.64. The van der Waals surface area contributed by atoms with Crippen molar-refractivity contribution in [2.75, 3.05) is 0 Å². The van der Waals surface area contributed by atoms with Gasteiger partial charge in [-0.05, 0) is 50.1 Å². The molecule has 0 saturated heterocycles. The number of nitrogens with zero attached hydrogens (tertiary/aromatic N) is 4. The summed E-state index contributed by atoms with van der Waals surface area (Å²) < 4.78 is 53.2. The Morgan fingerprint density at radius 3 is 2.59 bits per heavy atom. The molecule has 0 unspecified atom stereocenters. The SMILES string of the molecule is Cc1cc(Cn2ccnc2)ccc1-c1noc(-c2ccc(OC(C)C)c(C(F)(F)F)c2)n1. The van der Waals surface area contributed by atoms with Crippen LogP contribution in [0, 0.1) is 6.92 Å². The van der Waals surface area contributed by atoms with E-state index in [1.165, 1.54) is 12.1 Å². The molecule has 0 aliphatic carbocycles. The van der Waals surface area contributed by atoms with Crippen LogP contribution in [0.25, 0.3) is 22.8 Å². The van der Waals surface area contributed by atoms with E-state index in [-0.39, 0.29) is 17.2 Å². The normalized spacial score (nSPS) is 11.8. The van der Waals surface area contributed by atoms with Crippen molar-refractivity contribution in [1.82, 2.24) is 19.7 Å². The van der Waals surface area contributed by atoms with Crippen molar-refractivity contribution in [3.05, 3.63) is 71.8 Å². The molecular weight excluding hydrogens is 421 g/mol. The van der Waals surface area contributed by atoms with E-state index in [1.807, 2.05) is 35.9 Å². The highest BCUT2D eigenvalue weighted by atomic mass is 19.4. The van der Waals surface area contributed by atoms with Crippen LogP contribution in [0.15, 0.2) is 59.6 Å². The molecule has 0 fully saturated rings. The maximum atomic E-state index is 13.5. The summed E-state index contributed by atoms with van der Waals surface area (Å²) in [6.07, 6.45) is 0.359. The van der Waals surface area contributed by atoms with E-state index < -0.39 is 17.8 Å². The molecule has 166 valence electrons. The zero-order chi connectivity index (χ0) is 22.9. The third kappa shape index (κ3) is 4.66. The maximum absolute atomic E-state index is 13.5. The number of benzene rings is 2. The van der Waals surface area contributed by atoms with Gasteiger partial charge in [-0.3, -0.25) is 0 Å². The van der Waals surface area contributed by atoms with Crippen LogP contribution in [0.3, 0.4) is 0 Å². The van der Waals surface area contributed by atoms with Crippen LogP contribution in [0.1, 0.15) is 30.5 Å². The topological polar surface area (TPSA) is 66.0 Å². The van der Waals surface area contributed by atoms with Crippen molar-refractivity contribution in [2.24, 2.45) is 0 Å². The molecular formula is C23H21F3N4O2. The molecule has 0 atom stereocenters. The summed E-state index contributed by atoms with van der Waals surface area (Å²) in [4.78, 5) is 8.36. The van der Waals surface area contributed by atoms with Crippen molar-refractivity contribution in [2.45, 2.75) is 39.6 Å². The van der Waals surface area contributed by atoms with E-state index in [0.29, 0.717) is 12.4 Å². The minimum atomic E-state index is -4.58. The molecule has 9 heteroatoms. The van der Waals surface area contributed by atoms with Gasteiger partial charge < -0.3 is 13.8 Å². The number of hydrogen-bond donors (Lipinski definition) is 0. The van der Waals surface area contributed by atoms with E-state index in [9.17, 15) is 13.2 Å². The Morgan fingerprint density at radius 2 is 1.94 bits per heavy atom. The van der Waals surface area contributed by atoms with Crippen LogP contribution in [0.5, 0.6) is 5.75 Å². The molecule has 4 aromatic rings. The average Bonchev–Trinajstić information content (AvgIpc) is 3.39. The number of halogens is 3. The lowest BCUT2D eigenvalue weighted by Crippen LogP contribution is -2.13. The van der Waals surface area contributed by atoms with Gasteiger partial charge in [0.25, 0.3) is 5.89 Å². The van der Waals surface area contributed by atoms with Crippen LogP contribution >= 0.6 is 0 Å². The molecule has 4 rings (SSSR count).